The molecule has 0 saturated heterocycles. The summed E-state index contributed by atoms with van der Waals surface area (Å²) in [5, 5.41) is 3.72. The number of nitrogens with zero attached hydrogens (tertiary/aromatic N) is 1. The smallest absolute Gasteiger partial charge is 0.242 e. The molecule has 2 amide bonds. The van der Waals surface area contributed by atoms with E-state index in [2.05, 4.69) is 5.32 Å². The van der Waals surface area contributed by atoms with Crippen LogP contribution < -0.4 is 5.32 Å². The Bertz CT molecular complexity index is 1130. The van der Waals surface area contributed by atoms with Crippen molar-refractivity contribution in [3.8, 4) is 0 Å². The molecular weight excluding hydrogens is 494 g/mol. The summed E-state index contributed by atoms with van der Waals surface area (Å²) in [7, 11) is 1.53. The van der Waals surface area contributed by atoms with E-state index < -0.39 is 11.9 Å². The van der Waals surface area contributed by atoms with Crippen molar-refractivity contribution in [2.75, 3.05) is 12.8 Å². The van der Waals surface area contributed by atoms with Crippen molar-refractivity contribution in [3.05, 3.63) is 105 Å². The monoisotopic (exact) mass is 518 g/mol. The van der Waals surface area contributed by atoms with Gasteiger partial charge in [0.25, 0.3) is 0 Å². The van der Waals surface area contributed by atoms with E-state index >= 15 is 0 Å². The zero-order chi connectivity index (χ0) is 24.5. The second-order valence-corrected chi connectivity index (χ2v) is 9.49. The van der Waals surface area contributed by atoms with Gasteiger partial charge in [0.15, 0.2) is 0 Å². The molecule has 0 aliphatic carbocycles. The average molecular weight is 519 g/mol. The maximum absolute atomic E-state index is 14.5. The Balaban J connectivity index is 1.82. The van der Waals surface area contributed by atoms with Gasteiger partial charge in [-0.3, -0.25) is 9.59 Å². The fourth-order valence-electron chi connectivity index (χ4n) is 3.50. The van der Waals surface area contributed by atoms with E-state index in [4.69, 9.17) is 23.2 Å². The molecule has 34 heavy (non-hydrogen) atoms. The molecule has 0 radical (unpaired) electrons. The summed E-state index contributed by atoms with van der Waals surface area (Å²) in [5.41, 5.74) is 2.11. The van der Waals surface area contributed by atoms with Gasteiger partial charge in [-0.1, -0.05) is 77.8 Å². The van der Waals surface area contributed by atoms with Crippen molar-refractivity contribution in [2.24, 2.45) is 0 Å². The van der Waals surface area contributed by atoms with Crippen LogP contribution in [0.4, 0.5) is 4.39 Å². The van der Waals surface area contributed by atoms with Crippen LogP contribution in [-0.4, -0.2) is 35.6 Å². The number of amides is 2. The van der Waals surface area contributed by atoms with Crippen LogP contribution in [0.2, 0.25) is 10.0 Å². The van der Waals surface area contributed by atoms with E-state index in [1.807, 2.05) is 36.4 Å². The molecule has 0 aliphatic heterocycles. The van der Waals surface area contributed by atoms with Crippen molar-refractivity contribution in [1.82, 2.24) is 10.2 Å². The SMILES string of the molecule is CNC(=O)[C@H](Cc1ccccc1)N(Cc1ccccc1F)C(=O)CSCc1ccc(Cl)cc1Cl. The van der Waals surface area contributed by atoms with Crippen LogP contribution in [0.5, 0.6) is 0 Å². The van der Waals surface area contributed by atoms with E-state index in [0.29, 0.717) is 27.8 Å². The van der Waals surface area contributed by atoms with Crippen LogP contribution in [0.25, 0.3) is 0 Å². The number of hydrogen-bond acceptors (Lipinski definition) is 3. The molecule has 0 spiro atoms. The van der Waals surface area contributed by atoms with Gasteiger partial charge >= 0.3 is 0 Å². The number of rotatable bonds is 10. The van der Waals surface area contributed by atoms with Gasteiger partial charge in [0.2, 0.25) is 11.8 Å². The standard InChI is InChI=1S/C26H25Cl2FN2O2S/c1-30-26(33)24(13-18-7-3-2-4-8-18)31(15-19-9-5-6-10-23(19)29)25(32)17-34-16-20-11-12-21(27)14-22(20)28/h2-12,14,24H,13,15-17H2,1H3,(H,30,33)/t24-/m0/s1. The number of likely N-dealkylation sites (N-methyl/N-ethyl adjacent to an activating group) is 1. The van der Waals surface area contributed by atoms with Crippen molar-refractivity contribution in [1.29, 1.82) is 0 Å². The molecule has 0 unspecified atom stereocenters. The molecule has 4 nitrogen and oxygen atoms in total. The molecule has 0 aromatic heterocycles. The first-order chi connectivity index (χ1) is 16.4. The molecule has 1 atom stereocenters. The van der Waals surface area contributed by atoms with Gasteiger partial charge < -0.3 is 10.2 Å². The first-order valence-corrected chi connectivity index (χ1v) is 12.6. The molecule has 0 bridgehead atoms. The minimum Gasteiger partial charge on any atom is -0.357 e. The van der Waals surface area contributed by atoms with Crippen molar-refractivity contribution in [2.45, 2.75) is 24.8 Å². The fourth-order valence-corrected chi connectivity index (χ4v) is 4.97. The van der Waals surface area contributed by atoms with Crippen molar-refractivity contribution >= 4 is 46.8 Å². The number of hydrogen-bond donors (Lipinski definition) is 1. The third-order valence-electron chi connectivity index (χ3n) is 5.31. The van der Waals surface area contributed by atoms with E-state index in [1.165, 1.54) is 29.8 Å². The van der Waals surface area contributed by atoms with Gasteiger partial charge in [0, 0.05) is 41.4 Å². The van der Waals surface area contributed by atoms with Gasteiger partial charge in [0.1, 0.15) is 11.9 Å². The first kappa shape index (κ1) is 26.1. The third kappa shape index (κ3) is 7.23. The van der Waals surface area contributed by atoms with Gasteiger partial charge in [-0.25, -0.2) is 4.39 Å². The van der Waals surface area contributed by atoms with Gasteiger partial charge in [-0.15, -0.1) is 11.8 Å². The highest BCUT2D eigenvalue weighted by atomic mass is 35.5. The largest absolute Gasteiger partial charge is 0.357 e. The minimum atomic E-state index is -0.792. The van der Waals surface area contributed by atoms with E-state index in [-0.39, 0.29) is 24.1 Å². The lowest BCUT2D eigenvalue weighted by molar-refractivity contribution is -0.139. The third-order valence-corrected chi connectivity index (χ3v) is 6.87. The lowest BCUT2D eigenvalue weighted by atomic mass is 10.0. The number of nitrogens with one attached hydrogen (secondary N) is 1. The number of halogens is 3. The van der Waals surface area contributed by atoms with Crippen LogP contribution in [0.15, 0.2) is 72.8 Å². The van der Waals surface area contributed by atoms with Crippen LogP contribution >= 0.6 is 35.0 Å². The lowest BCUT2D eigenvalue weighted by Gasteiger charge is -2.31. The highest BCUT2D eigenvalue weighted by molar-refractivity contribution is 7.99. The van der Waals surface area contributed by atoms with Gasteiger partial charge in [-0.2, -0.15) is 0 Å². The normalized spacial score (nSPS) is 11.6. The second kappa shape index (κ2) is 12.8. The summed E-state index contributed by atoms with van der Waals surface area (Å²) in [6.07, 6.45) is 0.314. The van der Waals surface area contributed by atoms with Gasteiger partial charge in [0.05, 0.1) is 5.75 Å². The summed E-state index contributed by atoms with van der Waals surface area (Å²) < 4.78 is 14.5. The Labute approximate surface area is 213 Å². The zero-order valence-corrected chi connectivity index (χ0v) is 21.0. The fraction of sp³-hybridized carbons (Fsp3) is 0.231. The highest BCUT2D eigenvalue weighted by Crippen LogP contribution is 2.25. The summed E-state index contributed by atoms with van der Waals surface area (Å²) in [5.74, 6) is -0.382. The molecule has 0 aliphatic rings. The Morgan fingerprint density at radius 1 is 1.00 bits per heavy atom. The second-order valence-electron chi connectivity index (χ2n) is 7.66. The molecule has 8 heteroatoms. The molecule has 3 rings (SSSR count). The van der Waals surface area contributed by atoms with Crippen LogP contribution in [0.3, 0.4) is 0 Å². The Hall–Kier alpha value is -2.54. The highest BCUT2D eigenvalue weighted by Gasteiger charge is 2.30. The topological polar surface area (TPSA) is 49.4 Å². The molecular formula is C26H25Cl2FN2O2S. The zero-order valence-electron chi connectivity index (χ0n) is 18.6. The van der Waals surface area contributed by atoms with Crippen LogP contribution in [-0.2, 0) is 28.3 Å². The quantitative estimate of drug-likeness (QED) is 0.371. The molecule has 3 aromatic rings. The average Bonchev–Trinajstić information content (AvgIpc) is 2.83. The number of carbonyl (C=O) groups excluding carboxylic acids is 2. The van der Waals surface area contributed by atoms with Crippen molar-refractivity contribution in [3.63, 3.8) is 0 Å². The summed E-state index contributed by atoms with van der Waals surface area (Å²) in [4.78, 5) is 27.7. The molecule has 1 N–H and O–H groups in total. The van der Waals surface area contributed by atoms with Crippen LogP contribution in [0.1, 0.15) is 16.7 Å². The van der Waals surface area contributed by atoms with E-state index in [1.54, 1.807) is 30.3 Å². The Kier molecular flexibility index (Phi) is 9.81. The lowest BCUT2D eigenvalue weighted by Crippen LogP contribution is -2.50. The number of benzene rings is 3. The van der Waals surface area contributed by atoms with E-state index in [0.717, 1.165) is 11.1 Å². The Morgan fingerprint density at radius 2 is 1.71 bits per heavy atom. The molecule has 0 heterocycles. The molecule has 178 valence electrons. The predicted molar refractivity (Wildman–Crippen MR) is 138 cm³/mol. The summed E-state index contributed by atoms with van der Waals surface area (Å²) >= 11 is 13.6. The molecule has 0 saturated carbocycles. The van der Waals surface area contributed by atoms with Gasteiger partial charge in [-0.05, 0) is 29.3 Å². The maximum Gasteiger partial charge on any atom is 0.242 e. The maximum atomic E-state index is 14.5. The van der Waals surface area contributed by atoms with Crippen LogP contribution in [0, 0.1) is 5.82 Å². The minimum absolute atomic E-state index is 0.0152. The Morgan fingerprint density at radius 3 is 2.38 bits per heavy atom. The number of thioether (sulfide) groups is 1. The predicted octanol–water partition coefficient (Wildman–Crippen LogP) is 5.75. The molecule has 0 fully saturated rings. The van der Waals surface area contributed by atoms with Crippen molar-refractivity contribution < 1.29 is 14.0 Å². The summed E-state index contributed by atoms with van der Waals surface area (Å²) in [6.45, 7) is -0.0152. The first-order valence-electron chi connectivity index (χ1n) is 10.7. The van der Waals surface area contributed by atoms with E-state index in [9.17, 15) is 14.0 Å². The summed E-state index contributed by atoms with van der Waals surface area (Å²) in [6, 6.07) is 20.2. The molecule has 3 aromatic carbocycles. The number of carbonyl (C=O) groups is 2.